The highest BCUT2D eigenvalue weighted by atomic mass is 16.2. The molecule has 0 bridgehead atoms. The number of amides is 2. The zero-order chi connectivity index (χ0) is 15.7. The van der Waals surface area contributed by atoms with Crippen molar-refractivity contribution in [1.29, 1.82) is 0 Å². The highest BCUT2D eigenvalue weighted by Gasteiger charge is 2.38. The van der Waals surface area contributed by atoms with Crippen LogP contribution in [0.2, 0.25) is 0 Å². The minimum absolute atomic E-state index is 0.0643. The molecule has 0 spiro atoms. The second kappa shape index (κ2) is 6.11. The van der Waals surface area contributed by atoms with Gasteiger partial charge in [-0.1, -0.05) is 26.0 Å². The van der Waals surface area contributed by atoms with Crippen LogP contribution in [0, 0.1) is 11.8 Å². The number of hydrogen-bond acceptors (Lipinski definition) is 2. The average Bonchev–Trinajstić information content (AvgIpc) is 3.26. The summed E-state index contributed by atoms with van der Waals surface area (Å²) in [6.07, 6.45) is 3.02. The smallest absolute Gasteiger partial charge is 0.239 e. The number of anilines is 1. The SMILES string of the molecule is CC(C)c1ccc(N2CCC(C(=O)NCC3CC3)C2=O)cc1. The van der Waals surface area contributed by atoms with Crippen molar-refractivity contribution in [3.05, 3.63) is 29.8 Å². The first-order valence-corrected chi connectivity index (χ1v) is 8.25. The number of rotatable bonds is 5. The summed E-state index contributed by atoms with van der Waals surface area (Å²) in [5, 5.41) is 2.93. The Morgan fingerprint density at radius 3 is 2.50 bits per heavy atom. The van der Waals surface area contributed by atoms with Crippen LogP contribution < -0.4 is 10.2 Å². The predicted octanol–water partition coefficient (Wildman–Crippen LogP) is 2.69. The van der Waals surface area contributed by atoms with Gasteiger partial charge in [-0.3, -0.25) is 9.59 Å². The van der Waals surface area contributed by atoms with Gasteiger partial charge in [-0.25, -0.2) is 0 Å². The monoisotopic (exact) mass is 300 g/mol. The van der Waals surface area contributed by atoms with Crippen LogP contribution in [0.1, 0.15) is 44.6 Å². The molecule has 1 aliphatic carbocycles. The molecule has 4 heteroatoms. The molecule has 1 N–H and O–H groups in total. The molecule has 3 rings (SSSR count). The Balaban J connectivity index is 1.63. The first-order valence-electron chi connectivity index (χ1n) is 8.25. The number of carbonyl (C=O) groups excluding carboxylic acids is 2. The van der Waals surface area contributed by atoms with E-state index in [1.54, 1.807) is 4.90 Å². The van der Waals surface area contributed by atoms with Crippen molar-refractivity contribution in [2.24, 2.45) is 11.8 Å². The quantitative estimate of drug-likeness (QED) is 0.850. The molecular weight excluding hydrogens is 276 g/mol. The summed E-state index contributed by atoms with van der Waals surface area (Å²) in [6, 6.07) is 8.09. The van der Waals surface area contributed by atoms with Crippen molar-refractivity contribution in [2.75, 3.05) is 18.0 Å². The average molecular weight is 300 g/mol. The largest absolute Gasteiger partial charge is 0.355 e. The number of nitrogens with zero attached hydrogens (tertiary/aromatic N) is 1. The van der Waals surface area contributed by atoms with Gasteiger partial charge in [0.15, 0.2) is 0 Å². The van der Waals surface area contributed by atoms with E-state index >= 15 is 0 Å². The van der Waals surface area contributed by atoms with E-state index in [1.807, 2.05) is 12.1 Å². The minimum Gasteiger partial charge on any atom is -0.355 e. The minimum atomic E-state index is -0.511. The molecule has 1 unspecified atom stereocenters. The Hall–Kier alpha value is -1.84. The van der Waals surface area contributed by atoms with Crippen LogP contribution in [0.15, 0.2) is 24.3 Å². The molecule has 2 aliphatic rings. The van der Waals surface area contributed by atoms with E-state index in [1.165, 1.54) is 18.4 Å². The van der Waals surface area contributed by atoms with Crippen LogP contribution in [0.25, 0.3) is 0 Å². The highest BCUT2D eigenvalue weighted by molar-refractivity contribution is 6.09. The van der Waals surface area contributed by atoms with Crippen LogP contribution in [-0.2, 0) is 9.59 Å². The molecule has 1 heterocycles. The molecule has 118 valence electrons. The van der Waals surface area contributed by atoms with E-state index in [4.69, 9.17) is 0 Å². The molecule has 1 aromatic carbocycles. The third kappa shape index (κ3) is 3.16. The van der Waals surface area contributed by atoms with E-state index in [2.05, 4.69) is 31.3 Å². The van der Waals surface area contributed by atoms with Crippen molar-refractivity contribution in [3.8, 4) is 0 Å². The summed E-state index contributed by atoms with van der Waals surface area (Å²) in [5.41, 5.74) is 2.15. The normalized spacial score (nSPS) is 21.5. The van der Waals surface area contributed by atoms with E-state index in [0.717, 1.165) is 12.2 Å². The molecule has 4 nitrogen and oxygen atoms in total. The fraction of sp³-hybridized carbons (Fsp3) is 0.556. The first-order chi connectivity index (χ1) is 10.6. The van der Waals surface area contributed by atoms with Crippen LogP contribution in [0.4, 0.5) is 5.69 Å². The molecule has 22 heavy (non-hydrogen) atoms. The van der Waals surface area contributed by atoms with Gasteiger partial charge in [0.25, 0.3) is 0 Å². The van der Waals surface area contributed by atoms with Crippen molar-refractivity contribution in [3.63, 3.8) is 0 Å². The maximum atomic E-state index is 12.5. The molecule has 1 aliphatic heterocycles. The Morgan fingerprint density at radius 2 is 1.91 bits per heavy atom. The summed E-state index contributed by atoms with van der Waals surface area (Å²) in [6.45, 7) is 5.65. The molecule has 1 atom stereocenters. The maximum absolute atomic E-state index is 12.5. The molecule has 0 aromatic heterocycles. The van der Waals surface area contributed by atoms with Gasteiger partial charge in [-0.15, -0.1) is 0 Å². The molecular formula is C18H24N2O2. The highest BCUT2D eigenvalue weighted by Crippen LogP contribution is 2.29. The lowest BCUT2D eigenvalue weighted by molar-refractivity contribution is -0.132. The molecule has 1 saturated heterocycles. The lowest BCUT2D eigenvalue weighted by Crippen LogP contribution is -2.37. The lowest BCUT2D eigenvalue weighted by Gasteiger charge is -2.17. The Kier molecular flexibility index (Phi) is 4.19. The zero-order valence-corrected chi connectivity index (χ0v) is 13.3. The predicted molar refractivity (Wildman–Crippen MR) is 86.7 cm³/mol. The van der Waals surface area contributed by atoms with Crippen molar-refractivity contribution in [2.45, 2.75) is 39.0 Å². The van der Waals surface area contributed by atoms with E-state index in [-0.39, 0.29) is 11.8 Å². The summed E-state index contributed by atoms with van der Waals surface area (Å²) in [4.78, 5) is 26.4. The van der Waals surface area contributed by atoms with Gasteiger partial charge in [0.1, 0.15) is 5.92 Å². The van der Waals surface area contributed by atoms with Crippen LogP contribution in [0.3, 0.4) is 0 Å². The molecule has 1 saturated carbocycles. The van der Waals surface area contributed by atoms with Crippen LogP contribution in [0.5, 0.6) is 0 Å². The van der Waals surface area contributed by atoms with Crippen molar-refractivity contribution < 1.29 is 9.59 Å². The first kappa shape index (κ1) is 15.1. The maximum Gasteiger partial charge on any atom is 0.239 e. The van der Waals surface area contributed by atoms with Crippen LogP contribution in [-0.4, -0.2) is 24.9 Å². The molecule has 0 radical (unpaired) electrons. The standard InChI is InChI=1S/C18H24N2O2/c1-12(2)14-5-7-15(8-6-14)20-10-9-16(18(20)22)17(21)19-11-13-3-4-13/h5-8,12-13,16H,3-4,9-11H2,1-2H3,(H,19,21). The van der Waals surface area contributed by atoms with Gasteiger partial charge >= 0.3 is 0 Å². The van der Waals surface area contributed by atoms with Gasteiger partial charge in [-0.2, -0.15) is 0 Å². The Morgan fingerprint density at radius 1 is 1.23 bits per heavy atom. The summed E-state index contributed by atoms with van der Waals surface area (Å²) < 4.78 is 0. The topological polar surface area (TPSA) is 49.4 Å². The second-order valence-electron chi connectivity index (χ2n) is 6.77. The van der Waals surface area contributed by atoms with E-state index in [0.29, 0.717) is 24.8 Å². The van der Waals surface area contributed by atoms with Gasteiger partial charge in [0.05, 0.1) is 0 Å². The third-order valence-corrected chi connectivity index (χ3v) is 4.66. The summed E-state index contributed by atoms with van der Waals surface area (Å²) in [5.74, 6) is 0.441. The number of benzene rings is 1. The van der Waals surface area contributed by atoms with Gasteiger partial charge in [0.2, 0.25) is 11.8 Å². The van der Waals surface area contributed by atoms with E-state index < -0.39 is 5.92 Å². The third-order valence-electron chi connectivity index (χ3n) is 4.66. The number of carbonyl (C=O) groups is 2. The number of hydrogen-bond donors (Lipinski definition) is 1. The van der Waals surface area contributed by atoms with Gasteiger partial charge < -0.3 is 10.2 Å². The van der Waals surface area contributed by atoms with E-state index in [9.17, 15) is 9.59 Å². The van der Waals surface area contributed by atoms with Crippen molar-refractivity contribution in [1.82, 2.24) is 5.32 Å². The second-order valence-corrected chi connectivity index (χ2v) is 6.77. The molecule has 2 amide bonds. The Labute approximate surface area is 131 Å². The fourth-order valence-corrected chi connectivity index (χ4v) is 2.91. The lowest BCUT2D eigenvalue weighted by atomic mass is 10.0. The molecule has 2 fully saturated rings. The molecule has 1 aromatic rings. The summed E-state index contributed by atoms with van der Waals surface area (Å²) in [7, 11) is 0. The summed E-state index contributed by atoms with van der Waals surface area (Å²) >= 11 is 0. The van der Waals surface area contributed by atoms with Crippen molar-refractivity contribution >= 4 is 17.5 Å². The van der Waals surface area contributed by atoms with Gasteiger partial charge in [-0.05, 0) is 48.8 Å². The Bertz CT molecular complexity index is 561. The zero-order valence-electron chi connectivity index (χ0n) is 13.3. The van der Waals surface area contributed by atoms with Gasteiger partial charge in [0, 0.05) is 18.8 Å². The van der Waals surface area contributed by atoms with Crippen LogP contribution >= 0.6 is 0 Å². The number of nitrogens with one attached hydrogen (secondary N) is 1. The fourth-order valence-electron chi connectivity index (χ4n) is 2.91.